The summed E-state index contributed by atoms with van der Waals surface area (Å²) in [7, 11) is -4.38. The average Bonchev–Trinajstić information content (AvgIpc) is 3.42. The van der Waals surface area contributed by atoms with E-state index >= 15 is 0 Å². The molecule has 0 radical (unpaired) electrons. The molecular weight excluding hydrogens is 656 g/mol. The van der Waals surface area contributed by atoms with E-state index in [1.165, 1.54) is 12.1 Å². The van der Waals surface area contributed by atoms with Crippen LogP contribution in [0.2, 0.25) is 0 Å². The van der Waals surface area contributed by atoms with Crippen molar-refractivity contribution in [3.05, 3.63) is 64.8 Å². The molecular formula is C32H40F3N5O5S2. The second-order valence-corrected chi connectivity index (χ2v) is 15.4. The average molecular weight is 696 g/mol. The van der Waals surface area contributed by atoms with Crippen LogP contribution < -0.4 is 20.7 Å². The Morgan fingerprint density at radius 3 is 2.28 bits per heavy atom. The van der Waals surface area contributed by atoms with Gasteiger partial charge in [0.1, 0.15) is 0 Å². The van der Waals surface area contributed by atoms with Gasteiger partial charge >= 0.3 is 18.3 Å². The molecule has 3 amide bonds. The van der Waals surface area contributed by atoms with Gasteiger partial charge in [-0.15, -0.1) is 11.3 Å². The Bertz CT molecular complexity index is 1660. The van der Waals surface area contributed by atoms with Crippen LogP contribution in [0.3, 0.4) is 0 Å². The monoisotopic (exact) mass is 695 g/mol. The van der Waals surface area contributed by atoms with Crippen molar-refractivity contribution in [1.82, 2.24) is 20.3 Å². The number of alkyl halides is 3. The van der Waals surface area contributed by atoms with Gasteiger partial charge in [-0.25, -0.2) is 27.7 Å². The summed E-state index contributed by atoms with van der Waals surface area (Å²) in [5.74, 6) is -0.309. The number of aromatic nitrogens is 1. The molecule has 256 valence electrons. The zero-order valence-electron chi connectivity index (χ0n) is 26.8. The van der Waals surface area contributed by atoms with Crippen LogP contribution in [0.5, 0.6) is 0 Å². The summed E-state index contributed by atoms with van der Waals surface area (Å²) in [6, 6.07) is 12.1. The van der Waals surface area contributed by atoms with E-state index in [4.69, 9.17) is 4.74 Å². The lowest BCUT2D eigenvalue weighted by atomic mass is 9.86. The van der Waals surface area contributed by atoms with Crippen LogP contribution in [0.25, 0.3) is 10.4 Å². The SMILES string of the molecule is CC(C)OC(=O)N[C@H]1CC[C@H](c2nc(C(F)(F)F)c(-c3ccc(NC(=O)NCc4ccccc4)cc3S(=O)(=O)NC(C)(C)C)s2)CC1. The number of ether oxygens (including phenoxy) is 1. The lowest BCUT2D eigenvalue weighted by Crippen LogP contribution is -2.40. The van der Waals surface area contributed by atoms with Crippen LogP contribution in [-0.4, -0.2) is 43.2 Å². The molecule has 1 heterocycles. The van der Waals surface area contributed by atoms with Gasteiger partial charge in [-0.2, -0.15) is 13.2 Å². The van der Waals surface area contributed by atoms with Gasteiger partial charge in [0, 0.05) is 35.3 Å². The maximum atomic E-state index is 14.5. The number of alkyl carbamates (subject to hydrolysis) is 1. The molecule has 3 aromatic rings. The maximum Gasteiger partial charge on any atom is 0.434 e. The van der Waals surface area contributed by atoms with E-state index in [1.54, 1.807) is 34.6 Å². The number of benzene rings is 2. The summed E-state index contributed by atoms with van der Waals surface area (Å²) in [5, 5.41) is 8.30. The molecule has 4 rings (SSSR count). The summed E-state index contributed by atoms with van der Waals surface area (Å²) in [4.78, 5) is 27.9. The largest absolute Gasteiger partial charge is 0.447 e. The molecule has 0 saturated heterocycles. The topological polar surface area (TPSA) is 139 Å². The van der Waals surface area contributed by atoms with Gasteiger partial charge in [0.2, 0.25) is 10.0 Å². The number of hydrogen-bond donors (Lipinski definition) is 4. The highest BCUT2D eigenvalue weighted by atomic mass is 32.2. The molecule has 1 aromatic heterocycles. The number of rotatable bonds is 9. The maximum absolute atomic E-state index is 14.5. The number of hydrogen-bond acceptors (Lipinski definition) is 7. The number of halogens is 3. The highest BCUT2D eigenvalue weighted by Crippen LogP contribution is 2.46. The van der Waals surface area contributed by atoms with Crippen molar-refractivity contribution in [2.24, 2.45) is 0 Å². The molecule has 10 nitrogen and oxygen atoms in total. The van der Waals surface area contributed by atoms with Gasteiger partial charge in [0.15, 0.2) is 5.69 Å². The summed E-state index contributed by atoms with van der Waals surface area (Å²) in [6.07, 6.45) is -3.68. The second kappa shape index (κ2) is 14.6. The number of sulfonamides is 1. The number of urea groups is 1. The predicted octanol–water partition coefficient (Wildman–Crippen LogP) is 7.39. The lowest BCUT2D eigenvalue weighted by Gasteiger charge is -2.28. The van der Waals surface area contributed by atoms with Crippen LogP contribution in [-0.2, 0) is 27.5 Å². The molecule has 1 fully saturated rings. The van der Waals surface area contributed by atoms with Gasteiger partial charge in [0.25, 0.3) is 0 Å². The Kier molecular flexibility index (Phi) is 11.2. The van der Waals surface area contributed by atoms with Crippen molar-refractivity contribution in [3.63, 3.8) is 0 Å². The minimum absolute atomic E-state index is 0.0775. The first-order chi connectivity index (χ1) is 21.9. The van der Waals surface area contributed by atoms with Crippen LogP contribution >= 0.6 is 11.3 Å². The summed E-state index contributed by atoms with van der Waals surface area (Å²) in [6.45, 7) is 8.52. The first kappa shape index (κ1) is 36.2. The zero-order chi connectivity index (χ0) is 34.6. The summed E-state index contributed by atoms with van der Waals surface area (Å²) in [5.41, 5.74) is -1.39. The lowest BCUT2D eigenvalue weighted by molar-refractivity contribution is -0.140. The Balaban J connectivity index is 1.65. The van der Waals surface area contributed by atoms with E-state index in [0.29, 0.717) is 25.7 Å². The molecule has 0 aliphatic heterocycles. The van der Waals surface area contributed by atoms with Gasteiger partial charge in [-0.3, -0.25) is 0 Å². The molecule has 1 aliphatic carbocycles. The standard InChI is InChI=1S/C32H40F3N5O5S2/c1-19(2)45-30(42)38-22-13-11-21(12-14-22)28-39-27(32(33,34)35)26(46-28)24-16-15-23(17-25(24)47(43,44)40-31(3,4)5)37-29(41)36-18-20-9-7-6-8-10-20/h6-10,15-17,19,21-22,40H,11-14,18H2,1-5H3,(H,38,42)(H2,36,37,41)/t21-,22-. The van der Waals surface area contributed by atoms with Gasteiger partial charge < -0.3 is 20.7 Å². The van der Waals surface area contributed by atoms with E-state index in [9.17, 15) is 31.2 Å². The van der Waals surface area contributed by atoms with Crippen molar-refractivity contribution in [2.75, 3.05) is 5.32 Å². The third kappa shape index (κ3) is 10.1. The Morgan fingerprint density at radius 1 is 1.02 bits per heavy atom. The van der Waals surface area contributed by atoms with Crippen LogP contribution in [0.1, 0.15) is 82.5 Å². The first-order valence-electron chi connectivity index (χ1n) is 15.2. The quantitative estimate of drug-likeness (QED) is 0.184. The van der Waals surface area contributed by atoms with E-state index < -0.39 is 44.5 Å². The minimum atomic E-state index is -4.86. The first-order valence-corrected chi connectivity index (χ1v) is 17.5. The van der Waals surface area contributed by atoms with E-state index in [2.05, 4.69) is 25.7 Å². The number of nitrogens with one attached hydrogen (secondary N) is 4. The molecule has 47 heavy (non-hydrogen) atoms. The van der Waals surface area contributed by atoms with Crippen molar-refractivity contribution >= 4 is 39.2 Å². The number of amides is 3. The van der Waals surface area contributed by atoms with Crippen LogP contribution in [0, 0.1) is 0 Å². The fraction of sp³-hybridized carbons (Fsp3) is 0.469. The number of carbonyl (C=O) groups is 2. The number of anilines is 1. The highest BCUT2D eigenvalue weighted by molar-refractivity contribution is 7.89. The highest BCUT2D eigenvalue weighted by Gasteiger charge is 2.41. The Morgan fingerprint density at radius 2 is 1.68 bits per heavy atom. The predicted molar refractivity (Wildman–Crippen MR) is 175 cm³/mol. The third-order valence-electron chi connectivity index (χ3n) is 7.16. The Labute approximate surface area is 276 Å². The molecule has 0 spiro atoms. The van der Waals surface area contributed by atoms with Gasteiger partial charge in [-0.1, -0.05) is 36.4 Å². The zero-order valence-corrected chi connectivity index (χ0v) is 28.5. The smallest absolute Gasteiger partial charge is 0.434 e. The van der Waals surface area contributed by atoms with E-state index in [0.717, 1.165) is 23.0 Å². The van der Waals surface area contributed by atoms with Gasteiger partial charge in [0.05, 0.1) is 20.9 Å². The third-order valence-corrected chi connectivity index (χ3v) is 10.2. The van der Waals surface area contributed by atoms with E-state index in [-0.39, 0.29) is 45.7 Å². The number of thiazole rings is 1. The molecule has 1 saturated carbocycles. The fourth-order valence-electron chi connectivity index (χ4n) is 5.21. The minimum Gasteiger partial charge on any atom is -0.447 e. The summed E-state index contributed by atoms with van der Waals surface area (Å²) < 4.78 is 78.3. The molecule has 15 heteroatoms. The van der Waals surface area contributed by atoms with Crippen molar-refractivity contribution < 1.29 is 35.9 Å². The number of nitrogens with zero attached hydrogens (tertiary/aromatic N) is 1. The van der Waals surface area contributed by atoms with Gasteiger partial charge in [-0.05, 0) is 78.0 Å². The second-order valence-electron chi connectivity index (χ2n) is 12.7. The molecule has 0 atom stereocenters. The molecule has 2 aromatic carbocycles. The Hall–Kier alpha value is -3.69. The molecule has 4 N–H and O–H groups in total. The van der Waals surface area contributed by atoms with Crippen molar-refractivity contribution in [3.8, 4) is 10.4 Å². The van der Waals surface area contributed by atoms with Crippen molar-refractivity contribution in [2.45, 2.75) is 102 Å². The molecule has 1 aliphatic rings. The van der Waals surface area contributed by atoms with Crippen LogP contribution in [0.4, 0.5) is 28.4 Å². The number of carbonyl (C=O) groups excluding carboxylic acids is 2. The van der Waals surface area contributed by atoms with E-state index in [1.807, 2.05) is 30.3 Å². The van der Waals surface area contributed by atoms with Crippen molar-refractivity contribution in [1.29, 1.82) is 0 Å². The molecule has 0 bridgehead atoms. The normalized spacial score (nSPS) is 17.3. The molecule has 0 unspecified atom stereocenters. The van der Waals surface area contributed by atoms with Crippen LogP contribution in [0.15, 0.2) is 53.4 Å². The fourth-order valence-corrected chi connectivity index (χ4v) is 8.22. The summed E-state index contributed by atoms with van der Waals surface area (Å²) >= 11 is 0.808.